The molecule has 2 aromatic rings. The van der Waals surface area contributed by atoms with Crippen LogP contribution in [0.3, 0.4) is 0 Å². The monoisotopic (exact) mass is 477 g/mol. The summed E-state index contributed by atoms with van der Waals surface area (Å²) in [6.07, 6.45) is 10.3. The molecule has 34 heavy (non-hydrogen) atoms. The molecule has 0 spiro atoms. The van der Waals surface area contributed by atoms with Crippen LogP contribution in [0.25, 0.3) is 11.8 Å². The second kappa shape index (κ2) is 11.2. The van der Waals surface area contributed by atoms with Crippen molar-refractivity contribution < 1.29 is 0 Å². The van der Waals surface area contributed by atoms with E-state index < -0.39 is 0 Å². The highest BCUT2D eigenvalue weighted by molar-refractivity contribution is 7.10. The van der Waals surface area contributed by atoms with Gasteiger partial charge in [-0.25, -0.2) is 0 Å². The summed E-state index contributed by atoms with van der Waals surface area (Å²) in [6, 6.07) is 2.28. The van der Waals surface area contributed by atoms with Crippen LogP contribution in [0.15, 0.2) is 47.1 Å². The Morgan fingerprint density at radius 1 is 1.38 bits per heavy atom. The van der Waals surface area contributed by atoms with E-state index >= 15 is 0 Å². The molecule has 0 aromatic carbocycles. The van der Waals surface area contributed by atoms with Crippen molar-refractivity contribution in [3.63, 3.8) is 0 Å². The molecular formula is C28H39N5S. The first-order chi connectivity index (χ1) is 16.1. The Bertz CT molecular complexity index is 1110. The number of fused-ring (bicyclic) bond motifs is 1. The summed E-state index contributed by atoms with van der Waals surface area (Å²) >= 11 is 1.81. The van der Waals surface area contributed by atoms with Crippen LogP contribution in [0.2, 0.25) is 0 Å². The summed E-state index contributed by atoms with van der Waals surface area (Å²) in [4.78, 5) is 12.9. The number of aromatic nitrogens is 1. The van der Waals surface area contributed by atoms with E-state index in [4.69, 9.17) is 5.73 Å². The average molecular weight is 478 g/mol. The number of allylic oxidation sites excluding steroid dienone is 2. The van der Waals surface area contributed by atoms with Gasteiger partial charge in [0.2, 0.25) is 0 Å². The number of hydrogen-bond donors (Lipinski definition) is 2. The third-order valence-electron chi connectivity index (χ3n) is 6.15. The number of aliphatic imine (C=N–C) groups is 1. The molecule has 0 aliphatic carbocycles. The highest BCUT2D eigenvalue weighted by Gasteiger charge is 2.23. The average Bonchev–Trinajstić information content (AvgIpc) is 3.21. The highest BCUT2D eigenvalue weighted by atomic mass is 32.1. The van der Waals surface area contributed by atoms with Gasteiger partial charge >= 0.3 is 0 Å². The van der Waals surface area contributed by atoms with Crippen LogP contribution in [-0.2, 0) is 19.5 Å². The molecule has 3 N–H and O–H groups in total. The van der Waals surface area contributed by atoms with Gasteiger partial charge in [-0.3, -0.25) is 14.9 Å². The summed E-state index contributed by atoms with van der Waals surface area (Å²) in [5, 5.41) is 5.60. The van der Waals surface area contributed by atoms with Gasteiger partial charge in [-0.1, -0.05) is 46.4 Å². The predicted octanol–water partition coefficient (Wildman–Crippen LogP) is 5.91. The van der Waals surface area contributed by atoms with Crippen LogP contribution in [0, 0.1) is 12.3 Å². The van der Waals surface area contributed by atoms with E-state index in [1.807, 2.05) is 23.6 Å². The number of hydrogen-bond acceptors (Lipinski definition) is 5. The van der Waals surface area contributed by atoms with E-state index in [1.54, 1.807) is 7.05 Å². The lowest BCUT2D eigenvalue weighted by molar-refractivity contribution is 0.248. The number of aryl methyl sites for hydroxylation is 1. The van der Waals surface area contributed by atoms with Crippen molar-refractivity contribution in [1.29, 1.82) is 0 Å². The van der Waals surface area contributed by atoms with Crippen LogP contribution in [0.4, 0.5) is 0 Å². The zero-order valence-corrected chi connectivity index (χ0v) is 22.4. The smallest absolute Gasteiger partial charge is 0.126 e. The van der Waals surface area contributed by atoms with Crippen molar-refractivity contribution in [3.05, 3.63) is 74.9 Å². The molecule has 0 amide bonds. The van der Waals surface area contributed by atoms with E-state index in [2.05, 4.69) is 85.0 Å². The number of nitrogens with one attached hydrogen (secondary N) is 1. The van der Waals surface area contributed by atoms with Gasteiger partial charge in [0, 0.05) is 71.2 Å². The largest absolute Gasteiger partial charge is 0.401 e. The van der Waals surface area contributed by atoms with E-state index in [0.717, 1.165) is 55.4 Å². The Balaban J connectivity index is 1.69. The molecule has 1 aliphatic rings. The summed E-state index contributed by atoms with van der Waals surface area (Å²) in [5.41, 5.74) is 14.0. The molecule has 1 aliphatic heterocycles. The molecule has 5 nitrogen and oxygen atoms in total. The molecule has 0 atom stereocenters. The van der Waals surface area contributed by atoms with Crippen molar-refractivity contribution >= 4 is 28.9 Å². The van der Waals surface area contributed by atoms with E-state index in [-0.39, 0.29) is 5.41 Å². The Labute approximate surface area is 209 Å². The minimum absolute atomic E-state index is 0.107. The van der Waals surface area contributed by atoms with Gasteiger partial charge in [0.15, 0.2) is 0 Å². The fourth-order valence-corrected chi connectivity index (χ4v) is 5.02. The predicted molar refractivity (Wildman–Crippen MR) is 148 cm³/mol. The third-order valence-corrected chi connectivity index (χ3v) is 7.16. The molecule has 6 heteroatoms. The van der Waals surface area contributed by atoms with Gasteiger partial charge in [0.1, 0.15) is 5.84 Å². The minimum atomic E-state index is -0.107. The lowest BCUT2D eigenvalue weighted by Crippen LogP contribution is -2.30. The molecule has 0 unspecified atom stereocenters. The standard InChI is InChI=1S/C28H39N5S/c1-8-9-10-22-13-21(15-31-19(22)2)16-33-12-11-23-24(18-34-25(23)17-33)20(3)32-27(30-7)14-26(29)28(4,5)6/h9-10,13-15,18H,3,8,11-12,16-17,29H2,1-2,4-7H3,(H,30,32)/b10-9-,26-14-. The zero-order valence-electron chi connectivity index (χ0n) is 21.5. The first kappa shape index (κ1) is 25.9. The van der Waals surface area contributed by atoms with E-state index in [9.17, 15) is 0 Å². The molecule has 2 aromatic heterocycles. The molecule has 3 heterocycles. The van der Waals surface area contributed by atoms with E-state index in [0.29, 0.717) is 0 Å². The van der Waals surface area contributed by atoms with Crippen LogP contribution >= 0.6 is 11.3 Å². The molecule has 0 fully saturated rings. The second-order valence-corrected chi connectivity index (χ2v) is 10.9. The fraction of sp³-hybridized carbons (Fsp3) is 0.429. The van der Waals surface area contributed by atoms with Crippen molar-refractivity contribution in [2.75, 3.05) is 13.6 Å². The third kappa shape index (κ3) is 6.45. The maximum absolute atomic E-state index is 6.25. The fourth-order valence-electron chi connectivity index (χ4n) is 3.87. The van der Waals surface area contributed by atoms with Crippen molar-refractivity contribution in [2.24, 2.45) is 16.1 Å². The Hall–Kier alpha value is -2.70. The van der Waals surface area contributed by atoms with Gasteiger partial charge in [-0.2, -0.15) is 0 Å². The topological polar surface area (TPSA) is 66.5 Å². The molecular weight excluding hydrogens is 438 g/mol. The van der Waals surface area contributed by atoms with Gasteiger partial charge in [0.05, 0.1) is 0 Å². The quantitative estimate of drug-likeness (QED) is 0.384. The Kier molecular flexibility index (Phi) is 8.50. The molecule has 3 rings (SSSR count). The van der Waals surface area contributed by atoms with Gasteiger partial charge < -0.3 is 11.1 Å². The van der Waals surface area contributed by atoms with Crippen molar-refractivity contribution in [1.82, 2.24) is 15.2 Å². The zero-order chi connectivity index (χ0) is 24.9. The lowest BCUT2D eigenvalue weighted by Gasteiger charge is -2.27. The number of nitrogens with zero attached hydrogens (tertiary/aromatic N) is 3. The highest BCUT2D eigenvalue weighted by Crippen LogP contribution is 2.32. The number of rotatable bonds is 7. The van der Waals surface area contributed by atoms with Crippen LogP contribution in [0.5, 0.6) is 0 Å². The first-order valence-electron chi connectivity index (χ1n) is 12.0. The minimum Gasteiger partial charge on any atom is -0.401 e. The summed E-state index contributed by atoms with van der Waals surface area (Å²) in [5.74, 6) is 0.731. The maximum Gasteiger partial charge on any atom is 0.126 e. The van der Waals surface area contributed by atoms with Crippen LogP contribution < -0.4 is 11.1 Å². The second-order valence-electron chi connectivity index (χ2n) is 9.90. The number of pyridine rings is 1. The molecule has 0 saturated heterocycles. The van der Waals surface area contributed by atoms with E-state index in [1.165, 1.54) is 27.1 Å². The van der Waals surface area contributed by atoms with Crippen LogP contribution in [0.1, 0.15) is 66.9 Å². The maximum atomic E-state index is 6.25. The van der Waals surface area contributed by atoms with Gasteiger partial charge in [-0.15, -0.1) is 11.3 Å². The molecule has 0 radical (unpaired) electrons. The lowest BCUT2D eigenvalue weighted by atomic mass is 9.92. The molecule has 0 saturated carbocycles. The molecule has 182 valence electrons. The molecule has 0 bridgehead atoms. The summed E-state index contributed by atoms with van der Waals surface area (Å²) in [6.45, 7) is 17.7. The number of thiophene rings is 1. The Morgan fingerprint density at radius 2 is 2.15 bits per heavy atom. The van der Waals surface area contributed by atoms with Gasteiger partial charge in [0.25, 0.3) is 0 Å². The first-order valence-corrected chi connectivity index (χ1v) is 12.8. The SMILES string of the molecule is C=C(NC(/C=C(\N)C(C)(C)C)=NC)c1csc2c1CCN(Cc1cnc(C)c(/C=C\CC)c1)C2. The van der Waals surface area contributed by atoms with Crippen molar-refractivity contribution in [3.8, 4) is 0 Å². The summed E-state index contributed by atoms with van der Waals surface area (Å²) in [7, 11) is 1.77. The van der Waals surface area contributed by atoms with Crippen molar-refractivity contribution in [2.45, 2.75) is 60.5 Å². The normalized spacial score (nSPS) is 15.6. The van der Waals surface area contributed by atoms with Crippen LogP contribution in [-0.4, -0.2) is 29.3 Å². The Morgan fingerprint density at radius 3 is 2.82 bits per heavy atom. The van der Waals surface area contributed by atoms with Gasteiger partial charge in [-0.05, 0) is 48.6 Å². The number of amidine groups is 1. The summed E-state index contributed by atoms with van der Waals surface area (Å²) < 4.78 is 0. The number of nitrogens with two attached hydrogens (primary N) is 1.